The molecule has 2 aromatic rings. The van der Waals surface area contributed by atoms with Gasteiger partial charge in [0, 0.05) is 6.54 Å². The monoisotopic (exact) mass is 320 g/mol. The molecule has 5 nitrogen and oxygen atoms in total. The van der Waals surface area contributed by atoms with Crippen molar-refractivity contribution in [2.75, 3.05) is 19.8 Å². The molecular weight excluding hydrogens is 300 g/mol. The lowest BCUT2D eigenvalue weighted by Crippen LogP contribution is -2.45. The molecule has 1 saturated heterocycles. The number of carbonyl (C=O) groups excluding carboxylic acids is 1. The van der Waals surface area contributed by atoms with Gasteiger partial charge in [0.25, 0.3) is 0 Å². The van der Waals surface area contributed by atoms with E-state index in [1.807, 2.05) is 45.0 Å². The van der Waals surface area contributed by atoms with Crippen LogP contribution in [0.1, 0.15) is 31.8 Å². The maximum Gasteiger partial charge on any atom is 0.411 e. The van der Waals surface area contributed by atoms with Gasteiger partial charge in [-0.05, 0) is 32.9 Å². The van der Waals surface area contributed by atoms with Crippen LogP contribution in [0.25, 0.3) is 10.2 Å². The maximum atomic E-state index is 12.4. The number of benzene rings is 1. The molecule has 0 N–H and O–H groups in total. The number of para-hydroxylation sites is 1. The lowest BCUT2D eigenvalue weighted by atomic mass is 10.2. The van der Waals surface area contributed by atoms with Gasteiger partial charge in [-0.2, -0.15) is 0 Å². The number of amides is 1. The van der Waals surface area contributed by atoms with Crippen LogP contribution in [0.2, 0.25) is 0 Å². The van der Waals surface area contributed by atoms with Crippen LogP contribution in [0.15, 0.2) is 24.3 Å². The Balaban J connectivity index is 1.87. The Morgan fingerprint density at radius 3 is 2.91 bits per heavy atom. The Hall–Kier alpha value is -1.66. The SMILES string of the molecule is CC(C)(C)OC(=O)N1CCOCC1c1nc2ccccc2s1. The van der Waals surface area contributed by atoms with Gasteiger partial charge in [-0.15, -0.1) is 11.3 Å². The molecule has 1 aliphatic rings. The Morgan fingerprint density at radius 1 is 1.41 bits per heavy atom. The summed E-state index contributed by atoms with van der Waals surface area (Å²) in [4.78, 5) is 18.8. The lowest BCUT2D eigenvalue weighted by molar-refractivity contribution is -0.0331. The molecule has 1 amide bonds. The van der Waals surface area contributed by atoms with Gasteiger partial charge in [-0.1, -0.05) is 12.1 Å². The fourth-order valence-corrected chi connectivity index (χ4v) is 3.45. The van der Waals surface area contributed by atoms with Gasteiger partial charge in [0.05, 0.1) is 23.4 Å². The van der Waals surface area contributed by atoms with Crippen LogP contribution < -0.4 is 0 Å². The largest absolute Gasteiger partial charge is 0.444 e. The van der Waals surface area contributed by atoms with E-state index >= 15 is 0 Å². The Morgan fingerprint density at radius 2 is 2.18 bits per heavy atom. The molecular formula is C16H20N2O3S. The molecule has 6 heteroatoms. The van der Waals surface area contributed by atoms with E-state index in [2.05, 4.69) is 4.98 Å². The zero-order chi connectivity index (χ0) is 15.7. The number of thiazole rings is 1. The van der Waals surface area contributed by atoms with Gasteiger partial charge in [0.15, 0.2) is 0 Å². The minimum absolute atomic E-state index is 0.180. The van der Waals surface area contributed by atoms with Crippen molar-refractivity contribution in [3.63, 3.8) is 0 Å². The van der Waals surface area contributed by atoms with Crippen molar-refractivity contribution < 1.29 is 14.3 Å². The van der Waals surface area contributed by atoms with Crippen LogP contribution in [-0.4, -0.2) is 41.3 Å². The number of aromatic nitrogens is 1. The molecule has 1 aromatic carbocycles. The second-order valence-corrected chi connectivity index (χ2v) is 7.35. The Labute approximate surface area is 133 Å². The van der Waals surface area contributed by atoms with E-state index in [0.717, 1.165) is 15.2 Å². The molecule has 2 heterocycles. The first kappa shape index (κ1) is 15.2. The summed E-state index contributed by atoms with van der Waals surface area (Å²) in [5, 5.41) is 0.895. The van der Waals surface area contributed by atoms with Gasteiger partial charge in [0.2, 0.25) is 0 Å². The highest BCUT2D eigenvalue weighted by molar-refractivity contribution is 7.18. The molecule has 118 valence electrons. The molecule has 3 rings (SSSR count). The van der Waals surface area contributed by atoms with Crippen molar-refractivity contribution in [1.29, 1.82) is 0 Å². The van der Waals surface area contributed by atoms with E-state index in [4.69, 9.17) is 9.47 Å². The second kappa shape index (κ2) is 5.85. The molecule has 0 aliphatic carbocycles. The van der Waals surface area contributed by atoms with Crippen LogP contribution in [0, 0.1) is 0 Å². The molecule has 0 bridgehead atoms. The topological polar surface area (TPSA) is 51.7 Å². The second-order valence-electron chi connectivity index (χ2n) is 6.28. The van der Waals surface area contributed by atoms with Crippen LogP contribution in [0.5, 0.6) is 0 Å². The number of hydrogen-bond acceptors (Lipinski definition) is 5. The first-order valence-corrected chi connectivity index (χ1v) is 8.18. The van der Waals surface area contributed by atoms with E-state index in [1.54, 1.807) is 16.2 Å². The van der Waals surface area contributed by atoms with Crippen molar-refractivity contribution in [1.82, 2.24) is 9.88 Å². The van der Waals surface area contributed by atoms with Gasteiger partial charge >= 0.3 is 6.09 Å². The summed E-state index contributed by atoms with van der Waals surface area (Å²) in [6.07, 6.45) is -0.306. The number of morpholine rings is 1. The predicted molar refractivity (Wildman–Crippen MR) is 86.1 cm³/mol. The summed E-state index contributed by atoms with van der Waals surface area (Å²) in [6, 6.07) is 7.80. The van der Waals surface area contributed by atoms with E-state index in [-0.39, 0.29) is 12.1 Å². The third kappa shape index (κ3) is 3.23. The highest BCUT2D eigenvalue weighted by Crippen LogP contribution is 2.32. The number of carbonyl (C=O) groups is 1. The number of ether oxygens (including phenoxy) is 2. The molecule has 0 saturated carbocycles. The Kier molecular flexibility index (Phi) is 4.06. The molecule has 1 aromatic heterocycles. The summed E-state index contributed by atoms with van der Waals surface area (Å²) in [5.74, 6) is 0. The van der Waals surface area contributed by atoms with E-state index in [9.17, 15) is 4.79 Å². The summed E-state index contributed by atoms with van der Waals surface area (Å²) in [6.45, 7) is 7.13. The van der Waals surface area contributed by atoms with Crippen LogP contribution in [0.4, 0.5) is 4.79 Å². The van der Waals surface area contributed by atoms with Crippen molar-refractivity contribution in [3.05, 3.63) is 29.3 Å². The standard InChI is InChI=1S/C16H20N2O3S/c1-16(2,3)21-15(19)18-8-9-20-10-12(18)14-17-11-6-4-5-7-13(11)22-14/h4-7,12H,8-10H2,1-3H3. The summed E-state index contributed by atoms with van der Waals surface area (Å²) in [7, 11) is 0. The van der Waals surface area contributed by atoms with E-state index < -0.39 is 5.60 Å². The number of fused-ring (bicyclic) bond motifs is 1. The lowest BCUT2D eigenvalue weighted by Gasteiger charge is -2.35. The quantitative estimate of drug-likeness (QED) is 0.805. The summed E-state index contributed by atoms with van der Waals surface area (Å²) < 4.78 is 12.2. The van der Waals surface area contributed by atoms with Gasteiger partial charge in [-0.3, -0.25) is 4.90 Å². The van der Waals surface area contributed by atoms with Crippen molar-refractivity contribution >= 4 is 27.6 Å². The number of hydrogen-bond donors (Lipinski definition) is 0. The zero-order valence-electron chi connectivity index (χ0n) is 13.0. The molecule has 0 spiro atoms. The molecule has 1 unspecified atom stereocenters. The normalized spacial score (nSPS) is 19.4. The minimum Gasteiger partial charge on any atom is -0.444 e. The zero-order valence-corrected chi connectivity index (χ0v) is 13.9. The van der Waals surface area contributed by atoms with Gasteiger partial charge in [0.1, 0.15) is 16.7 Å². The van der Waals surface area contributed by atoms with E-state index in [0.29, 0.717) is 19.8 Å². The third-order valence-electron chi connectivity index (χ3n) is 3.35. The van der Waals surface area contributed by atoms with E-state index in [1.165, 1.54) is 0 Å². The highest BCUT2D eigenvalue weighted by Gasteiger charge is 2.33. The average molecular weight is 320 g/mol. The molecule has 1 atom stereocenters. The van der Waals surface area contributed by atoms with Crippen LogP contribution in [0.3, 0.4) is 0 Å². The van der Waals surface area contributed by atoms with Crippen LogP contribution in [-0.2, 0) is 9.47 Å². The first-order chi connectivity index (χ1) is 10.4. The molecule has 1 fully saturated rings. The van der Waals surface area contributed by atoms with Crippen LogP contribution >= 0.6 is 11.3 Å². The highest BCUT2D eigenvalue weighted by atomic mass is 32.1. The first-order valence-electron chi connectivity index (χ1n) is 7.37. The minimum atomic E-state index is -0.506. The Bertz CT molecular complexity index is 644. The van der Waals surface area contributed by atoms with Crippen molar-refractivity contribution in [3.8, 4) is 0 Å². The fourth-order valence-electron chi connectivity index (χ4n) is 2.38. The molecule has 22 heavy (non-hydrogen) atoms. The number of rotatable bonds is 1. The summed E-state index contributed by atoms with van der Waals surface area (Å²) in [5.41, 5.74) is 0.449. The van der Waals surface area contributed by atoms with Gasteiger partial charge in [-0.25, -0.2) is 9.78 Å². The third-order valence-corrected chi connectivity index (χ3v) is 4.49. The molecule has 0 radical (unpaired) electrons. The van der Waals surface area contributed by atoms with Gasteiger partial charge < -0.3 is 9.47 Å². The molecule has 1 aliphatic heterocycles. The predicted octanol–water partition coefficient (Wildman–Crippen LogP) is 3.60. The maximum absolute atomic E-state index is 12.4. The summed E-state index contributed by atoms with van der Waals surface area (Å²) >= 11 is 1.60. The average Bonchev–Trinajstić information content (AvgIpc) is 2.89. The fraction of sp³-hybridized carbons (Fsp3) is 0.500. The number of nitrogens with zero attached hydrogens (tertiary/aromatic N) is 2. The smallest absolute Gasteiger partial charge is 0.411 e. The van der Waals surface area contributed by atoms with Crippen molar-refractivity contribution in [2.24, 2.45) is 0 Å². The van der Waals surface area contributed by atoms with Crippen molar-refractivity contribution in [2.45, 2.75) is 32.4 Å².